The van der Waals surface area contributed by atoms with E-state index in [1.54, 1.807) is 7.11 Å². The third-order valence-electron chi connectivity index (χ3n) is 6.12. The molecule has 2 heterocycles. The molecule has 2 saturated heterocycles. The van der Waals surface area contributed by atoms with Gasteiger partial charge in [-0.3, -0.25) is 9.69 Å². The maximum atomic E-state index is 13.3. The Hall–Kier alpha value is -3.06. The molecule has 1 atom stereocenters. The van der Waals surface area contributed by atoms with E-state index >= 15 is 0 Å². The fraction of sp³-hybridized carbons (Fsp3) is 0.391. The average molecular weight is 409 g/mol. The van der Waals surface area contributed by atoms with E-state index in [0.29, 0.717) is 13.1 Å². The van der Waals surface area contributed by atoms with Gasteiger partial charge in [-0.05, 0) is 36.2 Å². The summed E-state index contributed by atoms with van der Waals surface area (Å²) in [5.74, 6) is 0.674. The number of ether oxygens (including phenoxy) is 1. The van der Waals surface area contributed by atoms with E-state index < -0.39 is 5.54 Å². The molecule has 30 heavy (non-hydrogen) atoms. The van der Waals surface area contributed by atoms with Gasteiger partial charge in [-0.25, -0.2) is 9.69 Å². The maximum Gasteiger partial charge on any atom is 0.326 e. The van der Waals surface area contributed by atoms with Crippen LogP contribution in [0.2, 0.25) is 0 Å². The van der Waals surface area contributed by atoms with Gasteiger partial charge < -0.3 is 15.0 Å². The number of nitrogens with one attached hydrogen (secondary N) is 1. The van der Waals surface area contributed by atoms with Crippen molar-refractivity contribution in [2.45, 2.75) is 18.9 Å². The van der Waals surface area contributed by atoms with Gasteiger partial charge in [0.25, 0.3) is 5.91 Å². The smallest absolute Gasteiger partial charge is 0.326 e. The molecule has 0 spiro atoms. The van der Waals surface area contributed by atoms with Crippen LogP contribution in [-0.4, -0.2) is 61.7 Å². The lowest BCUT2D eigenvalue weighted by atomic mass is 9.87. The van der Waals surface area contributed by atoms with Crippen LogP contribution < -0.4 is 15.0 Å². The van der Waals surface area contributed by atoms with Gasteiger partial charge in [0, 0.05) is 31.9 Å². The van der Waals surface area contributed by atoms with E-state index in [2.05, 4.69) is 27.2 Å². The molecule has 0 radical (unpaired) electrons. The number of carbonyl (C=O) groups is 2. The van der Waals surface area contributed by atoms with Crippen molar-refractivity contribution < 1.29 is 14.3 Å². The van der Waals surface area contributed by atoms with Crippen molar-refractivity contribution in [3.63, 3.8) is 0 Å². The van der Waals surface area contributed by atoms with Crippen molar-refractivity contribution in [1.29, 1.82) is 0 Å². The third-order valence-corrected chi connectivity index (χ3v) is 6.12. The molecule has 2 fully saturated rings. The minimum Gasteiger partial charge on any atom is -0.497 e. The van der Waals surface area contributed by atoms with Crippen LogP contribution >= 0.6 is 0 Å². The van der Waals surface area contributed by atoms with Gasteiger partial charge in [0.1, 0.15) is 11.3 Å². The predicted molar refractivity (Wildman–Crippen MR) is 115 cm³/mol. The minimum atomic E-state index is -0.969. The Morgan fingerprint density at radius 3 is 2.23 bits per heavy atom. The normalized spacial score (nSPS) is 22.3. The number of nitrogens with zero attached hydrogens (tertiary/aromatic N) is 3. The Labute approximate surface area is 177 Å². The molecule has 1 N–H and O–H groups in total. The molecule has 7 nitrogen and oxygen atoms in total. The highest BCUT2D eigenvalue weighted by Crippen LogP contribution is 2.32. The molecule has 2 aliphatic rings. The van der Waals surface area contributed by atoms with Gasteiger partial charge in [-0.1, -0.05) is 37.3 Å². The first-order valence-corrected chi connectivity index (χ1v) is 10.4. The van der Waals surface area contributed by atoms with Crippen LogP contribution in [0.1, 0.15) is 18.9 Å². The average Bonchev–Trinajstić information content (AvgIpc) is 3.05. The molecule has 7 heteroatoms. The van der Waals surface area contributed by atoms with Gasteiger partial charge >= 0.3 is 6.03 Å². The van der Waals surface area contributed by atoms with Crippen LogP contribution in [-0.2, 0) is 10.3 Å². The van der Waals surface area contributed by atoms with Crippen molar-refractivity contribution in [2.24, 2.45) is 0 Å². The third kappa shape index (κ3) is 3.61. The quantitative estimate of drug-likeness (QED) is 0.745. The summed E-state index contributed by atoms with van der Waals surface area (Å²) in [5, 5.41) is 2.96. The van der Waals surface area contributed by atoms with Crippen LogP contribution in [0.15, 0.2) is 54.6 Å². The van der Waals surface area contributed by atoms with Crippen molar-refractivity contribution >= 4 is 17.6 Å². The Bertz CT molecular complexity index is 894. The molecular formula is C23H28N4O3. The van der Waals surface area contributed by atoms with Crippen molar-refractivity contribution in [3.8, 4) is 5.75 Å². The summed E-state index contributed by atoms with van der Waals surface area (Å²) in [5.41, 5.74) is 1.01. The van der Waals surface area contributed by atoms with Crippen molar-refractivity contribution in [1.82, 2.24) is 15.1 Å². The Kier molecular flexibility index (Phi) is 5.63. The number of carbonyl (C=O) groups excluding carboxylic acids is 2. The number of methoxy groups -OCH3 is 1. The summed E-state index contributed by atoms with van der Waals surface area (Å²) in [6, 6.07) is 17.2. The molecule has 3 amide bonds. The maximum absolute atomic E-state index is 13.3. The number of hydrogen-bond donors (Lipinski definition) is 1. The number of anilines is 1. The summed E-state index contributed by atoms with van der Waals surface area (Å²) in [7, 11) is 1.66. The lowest BCUT2D eigenvalue weighted by Gasteiger charge is -2.37. The molecule has 0 unspecified atom stereocenters. The first-order chi connectivity index (χ1) is 14.6. The van der Waals surface area contributed by atoms with E-state index in [0.717, 1.165) is 43.2 Å². The topological polar surface area (TPSA) is 65.1 Å². The lowest BCUT2D eigenvalue weighted by Crippen LogP contribution is -2.51. The first kappa shape index (κ1) is 20.2. The standard InChI is InChI=1S/C23H28N4O3/c1-3-23(18-7-5-4-6-8-18)21(28)27(22(29)24-23)17-25-13-15-26(16-14-25)19-9-11-20(30-2)12-10-19/h4-12H,3,13-17H2,1-2H3,(H,24,29)/t23-/m1/s1. The number of amides is 3. The highest BCUT2D eigenvalue weighted by atomic mass is 16.5. The van der Waals surface area contributed by atoms with Gasteiger partial charge in [0.2, 0.25) is 0 Å². The zero-order valence-electron chi connectivity index (χ0n) is 17.5. The number of piperazine rings is 1. The highest BCUT2D eigenvalue weighted by Gasteiger charge is 2.51. The van der Waals surface area contributed by atoms with Crippen LogP contribution in [0.3, 0.4) is 0 Å². The summed E-state index contributed by atoms with van der Waals surface area (Å²) in [6.07, 6.45) is 0.517. The van der Waals surface area contributed by atoms with Crippen molar-refractivity contribution in [3.05, 3.63) is 60.2 Å². The van der Waals surface area contributed by atoms with E-state index in [1.807, 2.05) is 49.4 Å². The van der Waals surface area contributed by atoms with E-state index in [1.165, 1.54) is 4.90 Å². The van der Waals surface area contributed by atoms with Gasteiger partial charge in [-0.15, -0.1) is 0 Å². The lowest BCUT2D eigenvalue weighted by molar-refractivity contribution is -0.133. The van der Waals surface area contributed by atoms with Crippen LogP contribution in [0, 0.1) is 0 Å². The van der Waals surface area contributed by atoms with Gasteiger partial charge in [-0.2, -0.15) is 0 Å². The van der Waals surface area contributed by atoms with E-state index in [4.69, 9.17) is 4.74 Å². The van der Waals surface area contributed by atoms with E-state index in [9.17, 15) is 9.59 Å². The van der Waals surface area contributed by atoms with Gasteiger partial charge in [0.05, 0.1) is 13.8 Å². The minimum absolute atomic E-state index is 0.168. The zero-order chi connectivity index (χ0) is 21.1. The summed E-state index contributed by atoms with van der Waals surface area (Å²) in [4.78, 5) is 31.8. The zero-order valence-corrected chi connectivity index (χ0v) is 17.5. The molecule has 2 aromatic carbocycles. The number of benzene rings is 2. The Balaban J connectivity index is 1.40. The Morgan fingerprint density at radius 2 is 1.63 bits per heavy atom. The summed E-state index contributed by atoms with van der Waals surface area (Å²) >= 11 is 0. The molecule has 0 aromatic heterocycles. The summed E-state index contributed by atoms with van der Waals surface area (Å²) < 4.78 is 5.22. The molecule has 4 rings (SSSR count). The van der Waals surface area contributed by atoms with Crippen molar-refractivity contribution in [2.75, 3.05) is 44.9 Å². The fourth-order valence-corrected chi connectivity index (χ4v) is 4.26. The number of imide groups is 1. The van der Waals surface area contributed by atoms with E-state index in [-0.39, 0.29) is 11.9 Å². The highest BCUT2D eigenvalue weighted by molar-refractivity contribution is 6.07. The largest absolute Gasteiger partial charge is 0.497 e. The second-order valence-corrected chi connectivity index (χ2v) is 7.73. The van der Waals surface area contributed by atoms with Crippen LogP contribution in [0.5, 0.6) is 5.75 Å². The molecule has 2 aromatic rings. The molecule has 2 aliphatic heterocycles. The van der Waals surface area contributed by atoms with Crippen LogP contribution in [0.25, 0.3) is 0 Å². The Morgan fingerprint density at radius 1 is 0.967 bits per heavy atom. The number of rotatable bonds is 6. The second-order valence-electron chi connectivity index (χ2n) is 7.73. The number of hydrogen-bond acceptors (Lipinski definition) is 5. The fourth-order valence-electron chi connectivity index (χ4n) is 4.26. The molecule has 0 bridgehead atoms. The monoisotopic (exact) mass is 408 g/mol. The molecular weight excluding hydrogens is 380 g/mol. The first-order valence-electron chi connectivity index (χ1n) is 10.4. The summed E-state index contributed by atoms with van der Waals surface area (Å²) in [6.45, 7) is 5.50. The predicted octanol–water partition coefficient (Wildman–Crippen LogP) is 2.63. The van der Waals surface area contributed by atoms with Crippen LogP contribution in [0.4, 0.5) is 10.5 Å². The molecule has 0 aliphatic carbocycles. The number of urea groups is 1. The van der Waals surface area contributed by atoms with Gasteiger partial charge in [0.15, 0.2) is 0 Å². The molecule has 0 saturated carbocycles. The molecule has 158 valence electrons. The second kappa shape index (κ2) is 8.36. The SMILES string of the molecule is CC[C@]1(c2ccccc2)NC(=O)N(CN2CCN(c3ccc(OC)cc3)CC2)C1=O.